The summed E-state index contributed by atoms with van der Waals surface area (Å²) in [4.78, 5) is 0. The van der Waals surface area contributed by atoms with E-state index in [2.05, 4.69) is 15.9 Å². The zero-order valence-electron chi connectivity index (χ0n) is 7.59. The van der Waals surface area contributed by atoms with Gasteiger partial charge in [0.15, 0.2) is 0 Å². The lowest BCUT2D eigenvalue weighted by Gasteiger charge is -1.90. The highest BCUT2D eigenvalue weighted by Crippen LogP contribution is 2.21. The molecule has 0 amide bonds. The summed E-state index contributed by atoms with van der Waals surface area (Å²) in [7, 11) is 0. The van der Waals surface area contributed by atoms with Gasteiger partial charge in [0.1, 0.15) is 17.2 Å². The fourth-order valence-electron chi connectivity index (χ4n) is 1.43. The highest BCUT2D eigenvalue weighted by atomic mass is 79.9. The van der Waals surface area contributed by atoms with Crippen LogP contribution in [-0.2, 0) is 6.42 Å². The summed E-state index contributed by atoms with van der Waals surface area (Å²) in [6, 6.07) is 6.49. The van der Waals surface area contributed by atoms with Gasteiger partial charge in [-0.15, -0.1) is 0 Å². The van der Waals surface area contributed by atoms with Crippen molar-refractivity contribution in [2.45, 2.75) is 12.8 Å². The van der Waals surface area contributed by atoms with Crippen LogP contribution in [0.3, 0.4) is 0 Å². The molecule has 0 saturated carbocycles. The molecule has 0 atom stereocenters. The van der Waals surface area contributed by atoms with Gasteiger partial charge < -0.3 is 4.42 Å². The summed E-state index contributed by atoms with van der Waals surface area (Å²) in [5, 5.41) is 1.80. The standard InChI is InChI=1S/C11H10BrFO/c12-5-1-2-10-7-8-6-9(13)3-4-11(8)14-10/h3-4,6-7H,1-2,5H2. The molecule has 3 heteroatoms. The van der Waals surface area contributed by atoms with Gasteiger partial charge in [-0.2, -0.15) is 0 Å². The molecule has 0 fully saturated rings. The zero-order valence-corrected chi connectivity index (χ0v) is 9.18. The maximum atomic E-state index is 12.8. The summed E-state index contributed by atoms with van der Waals surface area (Å²) in [5.41, 5.74) is 0.760. The maximum absolute atomic E-state index is 12.8. The normalized spacial score (nSPS) is 11.0. The third kappa shape index (κ3) is 1.98. The molecule has 0 bridgehead atoms. The lowest BCUT2D eigenvalue weighted by atomic mass is 10.2. The Balaban J connectivity index is 2.32. The Kier molecular flexibility index (Phi) is 2.87. The van der Waals surface area contributed by atoms with Crippen LogP contribution < -0.4 is 0 Å². The first-order valence-corrected chi connectivity index (χ1v) is 5.65. The van der Waals surface area contributed by atoms with Crippen LogP contribution in [0.2, 0.25) is 0 Å². The highest BCUT2D eigenvalue weighted by molar-refractivity contribution is 9.09. The molecule has 14 heavy (non-hydrogen) atoms. The Morgan fingerprint density at radius 3 is 2.93 bits per heavy atom. The molecule has 0 N–H and O–H groups in total. The Bertz CT molecular complexity index is 436. The lowest BCUT2D eigenvalue weighted by Crippen LogP contribution is -1.80. The molecule has 0 saturated heterocycles. The van der Waals surface area contributed by atoms with Crippen LogP contribution in [0.4, 0.5) is 4.39 Å². The number of benzene rings is 1. The van der Waals surface area contributed by atoms with Gasteiger partial charge in [0.2, 0.25) is 0 Å². The average Bonchev–Trinajstić information content (AvgIpc) is 2.56. The monoisotopic (exact) mass is 256 g/mol. The fraction of sp³-hybridized carbons (Fsp3) is 0.273. The number of aryl methyl sites for hydroxylation is 1. The molecule has 1 aromatic carbocycles. The minimum absolute atomic E-state index is 0.217. The number of fused-ring (bicyclic) bond motifs is 1. The number of hydrogen-bond donors (Lipinski definition) is 0. The van der Waals surface area contributed by atoms with Gasteiger partial charge in [0.25, 0.3) is 0 Å². The predicted molar refractivity (Wildman–Crippen MR) is 58.3 cm³/mol. The van der Waals surface area contributed by atoms with Crippen molar-refractivity contribution in [2.75, 3.05) is 5.33 Å². The Morgan fingerprint density at radius 1 is 1.29 bits per heavy atom. The van der Waals surface area contributed by atoms with Crippen molar-refractivity contribution in [3.05, 3.63) is 35.8 Å². The minimum atomic E-state index is -0.217. The molecule has 0 aliphatic carbocycles. The first-order valence-electron chi connectivity index (χ1n) is 4.53. The summed E-state index contributed by atoms with van der Waals surface area (Å²) in [6.07, 6.45) is 1.92. The predicted octanol–water partition coefficient (Wildman–Crippen LogP) is 3.90. The van der Waals surface area contributed by atoms with E-state index >= 15 is 0 Å². The van der Waals surface area contributed by atoms with Gasteiger partial charge in [0.05, 0.1) is 0 Å². The van der Waals surface area contributed by atoms with Gasteiger partial charge in [-0.1, -0.05) is 15.9 Å². The topological polar surface area (TPSA) is 13.1 Å². The van der Waals surface area contributed by atoms with Crippen molar-refractivity contribution in [1.29, 1.82) is 0 Å². The quantitative estimate of drug-likeness (QED) is 0.760. The van der Waals surface area contributed by atoms with E-state index in [4.69, 9.17) is 4.42 Å². The number of hydrogen-bond acceptors (Lipinski definition) is 1. The molecule has 2 aromatic rings. The molecule has 0 spiro atoms. The van der Waals surface area contributed by atoms with E-state index in [1.807, 2.05) is 6.07 Å². The number of halogens is 2. The Hall–Kier alpha value is -0.830. The summed E-state index contributed by atoms with van der Waals surface area (Å²) >= 11 is 3.36. The summed E-state index contributed by atoms with van der Waals surface area (Å²) in [6.45, 7) is 0. The van der Waals surface area contributed by atoms with Crippen LogP contribution in [-0.4, -0.2) is 5.33 Å². The molecule has 2 rings (SSSR count). The third-order valence-corrected chi connectivity index (χ3v) is 2.65. The van der Waals surface area contributed by atoms with Crippen LogP contribution in [0.15, 0.2) is 28.7 Å². The molecular formula is C11H10BrFO. The lowest BCUT2D eigenvalue weighted by molar-refractivity contribution is 0.545. The van der Waals surface area contributed by atoms with Crippen LogP contribution in [0.5, 0.6) is 0 Å². The van der Waals surface area contributed by atoms with Gasteiger partial charge in [0, 0.05) is 17.1 Å². The van der Waals surface area contributed by atoms with Crippen molar-refractivity contribution in [3.63, 3.8) is 0 Å². The first-order chi connectivity index (χ1) is 6.79. The number of rotatable bonds is 3. The van der Waals surface area contributed by atoms with E-state index in [9.17, 15) is 4.39 Å². The van der Waals surface area contributed by atoms with Crippen molar-refractivity contribution < 1.29 is 8.81 Å². The highest BCUT2D eigenvalue weighted by Gasteiger charge is 2.03. The molecule has 0 unspecified atom stereocenters. The Labute approximate surface area is 90.0 Å². The van der Waals surface area contributed by atoms with E-state index in [0.29, 0.717) is 0 Å². The Morgan fingerprint density at radius 2 is 2.14 bits per heavy atom. The molecule has 1 aromatic heterocycles. The van der Waals surface area contributed by atoms with Gasteiger partial charge in [-0.05, 0) is 30.7 Å². The first kappa shape index (κ1) is 9.71. The van der Waals surface area contributed by atoms with Gasteiger partial charge in [-0.25, -0.2) is 4.39 Å². The van der Waals surface area contributed by atoms with Crippen LogP contribution >= 0.6 is 15.9 Å². The molecule has 1 nitrogen and oxygen atoms in total. The molecule has 0 aliphatic heterocycles. The van der Waals surface area contributed by atoms with E-state index in [1.165, 1.54) is 12.1 Å². The van der Waals surface area contributed by atoms with Gasteiger partial charge >= 0.3 is 0 Å². The van der Waals surface area contributed by atoms with Crippen molar-refractivity contribution in [1.82, 2.24) is 0 Å². The molecule has 0 radical (unpaired) electrons. The minimum Gasteiger partial charge on any atom is -0.461 e. The van der Waals surface area contributed by atoms with E-state index in [-0.39, 0.29) is 5.82 Å². The van der Waals surface area contributed by atoms with E-state index < -0.39 is 0 Å². The molecule has 0 aliphatic rings. The van der Waals surface area contributed by atoms with E-state index in [0.717, 1.165) is 34.9 Å². The fourth-order valence-corrected chi connectivity index (χ4v) is 1.71. The van der Waals surface area contributed by atoms with Crippen molar-refractivity contribution >= 4 is 26.9 Å². The smallest absolute Gasteiger partial charge is 0.134 e. The molecule has 74 valence electrons. The van der Waals surface area contributed by atoms with Crippen LogP contribution in [0.1, 0.15) is 12.2 Å². The summed E-state index contributed by atoms with van der Waals surface area (Å²) in [5.74, 6) is 0.704. The van der Waals surface area contributed by atoms with Crippen molar-refractivity contribution in [3.8, 4) is 0 Å². The van der Waals surface area contributed by atoms with Crippen LogP contribution in [0, 0.1) is 5.82 Å². The molecule has 1 heterocycles. The second kappa shape index (κ2) is 4.13. The van der Waals surface area contributed by atoms with Gasteiger partial charge in [-0.3, -0.25) is 0 Å². The largest absolute Gasteiger partial charge is 0.461 e. The zero-order chi connectivity index (χ0) is 9.97. The molecular weight excluding hydrogens is 247 g/mol. The van der Waals surface area contributed by atoms with Crippen molar-refractivity contribution in [2.24, 2.45) is 0 Å². The second-order valence-corrected chi connectivity index (χ2v) is 3.98. The summed E-state index contributed by atoms with van der Waals surface area (Å²) < 4.78 is 18.4. The SMILES string of the molecule is Fc1ccc2oc(CCCBr)cc2c1. The average molecular weight is 257 g/mol. The van der Waals surface area contributed by atoms with Crippen LogP contribution in [0.25, 0.3) is 11.0 Å². The third-order valence-electron chi connectivity index (χ3n) is 2.09. The maximum Gasteiger partial charge on any atom is 0.134 e. The second-order valence-electron chi connectivity index (χ2n) is 3.19. The number of alkyl halides is 1. The number of furan rings is 1. The van der Waals surface area contributed by atoms with E-state index in [1.54, 1.807) is 6.07 Å².